The SMILES string of the molecule is CNCCC[C@H](C)[C@H](C)Oc1cc(N2CCN(Cc3ccccc3)C3(COC3)C2)nc(/C(O)=C2\CCC[C@@]3(CCCCC3=O)C2=N)n1. The monoisotopic (exact) mass is 644 g/mol. The van der Waals surface area contributed by atoms with Crippen molar-refractivity contribution in [3.05, 3.63) is 53.4 Å². The number of benzene rings is 1. The highest BCUT2D eigenvalue weighted by molar-refractivity contribution is 6.18. The smallest absolute Gasteiger partial charge is 0.219 e. The zero-order valence-corrected chi connectivity index (χ0v) is 28.4. The summed E-state index contributed by atoms with van der Waals surface area (Å²) in [5.74, 6) is 1.62. The number of ketones is 1. The van der Waals surface area contributed by atoms with Gasteiger partial charge in [-0.25, -0.2) is 4.98 Å². The molecule has 3 heterocycles. The molecule has 6 rings (SSSR count). The van der Waals surface area contributed by atoms with Crippen LogP contribution in [0.15, 0.2) is 42.0 Å². The first-order valence-corrected chi connectivity index (χ1v) is 17.6. The number of carbonyl (C=O) groups is 1. The number of piperazine rings is 1. The van der Waals surface area contributed by atoms with Gasteiger partial charge in [0.1, 0.15) is 17.7 Å². The summed E-state index contributed by atoms with van der Waals surface area (Å²) in [6.07, 6.45) is 6.92. The molecule has 254 valence electrons. The van der Waals surface area contributed by atoms with E-state index in [9.17, 15) is 15.3 Å². The lowest BCUT2D eigenvalue weighted by Gasteiger charge is -2.55. The molecule has 0 bridgehead atoms. The van der Waals surface area contributed by atoms with Crippen LogP contribution in [-0.2, 0) is 16.1 Å². The van der Waals surface area contributed by atoms with Crippen LogP contribution in [0.4, 0.5) is 5.82 Å². The van der Waals surface area contributed by atoms with Gasteiger partial charge in [0.15, 0.2) is 11.6 Å². The molecule has 47 heavy (non-hydrogen) atoms. The van der Waals surface area contributed by atoms with Crippen LogP contribution in [0, 0.1) is 16.7 Å². The molecule has 2 aromatic rings. The summed E-state index contributed by atoms with van der Waals surface area (Å²) in [6, 6.07) is 12.5. The Morgan fingerprint density at radius 2 is 1.89 bits per heavy atom. The molecule has 10 nitrogen and oxygen atoms in total. The van der Waals surface area contributed by atoms with E-state index in [0.29, 0.717) is 62.1 Å². The van der Waals surface area contributed by atoms with E-state index in [-0.39, 0.29) is 34.7 Å². The topological polar surface area (TPSA) is 124 Å². The van der Waals surface area contributed by atoms with Crippen LogP contribution >= 0.6 is 0 Å². The van der Waals surface area contributed by atoms with Crippen LogP contribution in [0.2, 0.25) is 0 Å². The van der Waals surface area contributed by atoms with Gasteiger partial charge in [0.25, 0.3) is 0 Å². The van der Waals surface area contributed by atoms with Gasteiger partial charge in [-0.3, -0.25) is 9.69 Å². The van der Waals surface area contributed by atoms with Gasteiger partial charge in [-0.2, -0.15) is 4.98 Å². The Morgan fingerprint density at radius 3 is 2.62 bits per heavy atom. The Labute approximate surface area is 279 Å². The van der Waals surface area contributed by atoms with Crippen LogP contribution in [-0.4, -0.2) is 89.6 Å². The number of hydrogen-bond donors (Lipinski definition) is 3. The maximum atomic E-state index is 13.2. The van der Waals surface area contributed by atoms with Gasteiger partial charge in [-0.1, -0.05) is 43.7 Å². The van der Waals surface area contributed by atoms with E-state index in [2.05, 4.69) is 53.2 Å². The predicted octanol–water partition coefficient (Wildman–Crippen LogP) is 5.57. The van der Waals surface area contributed by atoms with E-state index in [4.69, 9.17) is 19.4 Å². The molecule has 0 unspecified atom stereocenters. The highest BCUT2D eigenvalue weighted by Crippen LogP contribution is 2.46. The normalized spacial score (nSPS) is 25.5. The summed E-state index contributed by atoms with van der Waals surface area (Å²) in [4.78, 5) is 27.7. The molecule has 0 amide bonds. The summed E-state index contributed by atoms with van der Waals surface area (Å²) >= 11 is 0. The molecule has 4 aliphatic rings. The molecule has 1 aromatic carbocycles. The number of nitrogens with zero attached hydrogens (tertiary/aromatic N) is 4. The van der Waals surface area contributed by atoms with E-state index < -0.39 is 5.41 Å². The summed E-state index contributed by atoms with van der Waals surface area (Å²) in [5, 5.41) is 24.2. The first-order valence-electron chi connectivity index (χ1n) is 17.6. The number of rotatable bonds is 11. The van der Waals surface area contributed by atoms with Crippen molar-refractivity contribution in [2.45, 2.75) is 89.8 Å². The number of ether oxygens (including phenoxy) is 2. The minimum atomic E-state index is -0.792. The minimum absolute atomic E-state index is 0.0949. The van der Waals surface area contributed by atoms with Gasteiger partial charge in [-0.05, 0) is 76.9 Å². The molecule has 0 radical (unpaired) electrons. The average Bonchev–Trinajstić information content (AvgIpc) is 3.06. The standard InChI is InChI=1S/C37H52N6O4/c1-26(11-10-18-39-3)27(2)47-32-21-31(42-19-20-43(36(23-42)24-46-25-36)22-28-12-5-4-6-13-28)40-35(41-32)33(45)29-14-9-17-37(34(29)38)16-8-7-15-30(37)44/h4-6,12-13,21,26-27,38-39,45H,7-11,14-20,22-25H2,1-3H3/b33-29-,38-34?/t26-,27-,37+/m0/s1. The molecule has 3 N–H and O–H groups in total. The van der Waals surface area contributed by atoms with Crippen molar-refractivity contribution in [1.29, 1.82) is 5.41 Å². The first-order chi connectivity index (χ1) is 22.7. The van der Waals surface area contributed by atoms with Crippen molar-refractivity contribution in [3.8, 4) is 5.88 Å². The highest BCUT2D eigenvalue weighted by Gasteiger charge is 2.49. The van der Waals surface area contributed by atoms with Crippen molar-refractivity contribution in [2.75, 3.05) is 51.3 Å². The van der Waals surface area contributed by atoms with E-state index in [1.165, 1.54) is 5.56 Å². The molecule has 10 heteroatoms. The molecule has 3 atom stereocenters. The summed E-state index contributed by atoms with van der Waals surface area (Å²) < 4.78 is 12.3. The molecule has 2 saturated heterocycles. The Balaban J connectivity index is 1.31. The lowest BCUT2D eigenvalue weighted by atomic mass is 9.62. The third-order valence-electron chi connectivity index (χ3n) is 11.1. The maximum Gasteiger partial charge on any atom is 0.219 e. The number of anilines is 1. The second-order valence-corrected chi connectivity index (χ2v) is 14.2. The highest BCUT2D eigenvalue weighted by atomic mass is 16.5. The number of nitrogens with one attached hydrogen (secondary N) is 2. The second-order valence-electron chi connectivity index (χ2n) is 14.2. The molecule has 1 aromatic heterocycles. The maximum absolute atomic E-state index is 13.2. The van der Waals surface area contributed by atoms with E-state index >= 15 is 0 Å². The van der Waals surface area contributed by atoms with Crippen molar-refractivity contribution < 1.29 is 19.4 Å². The fraction of sp³-hybridized carbons (Fsp3) is 0.622. The van der Waals surface area contributed by atoms with Crippen LogP contribution in [0.1, 0.15) is 83.0 Å². The second kappa shape index (κ2) is 14.4. The zero-order valence-electron chi connectivity index (χ0n) is 28.4. The summed E-state index contributed by atoms with van der Waals surface area (Å²) in [5.41, 5.74) is 1.12. The lowest BCUT2D eigenvalue weighted by molar-refractivity contribution is -0.146. The van der Waals surface area contributed by atoms with Crippen LogP contribution < -0.4 is 15.0 Å². The van der Waals surface area contributed by atoms with Gasteiger partial charge < -0.3 is 30.2 Å². The molecule has 2 aliphatic heterocycles. The van der Waals surface area contributed by atoms with Gasteiger partial charge in [0, 0.05) is 44.2 Å². The first kappa shape index (κ1) is 33.6. The van der Waals surface area contributed by atoms with Gasteiger partial charge in [0.05, 0.1) is 29.9 Å². The zero-order chi connectivity index (χ0) is 33.0. The summed E-state index contributed by atoms with van der Waals surface area (Å²) in [7, 11) is 1.97. The molecular formula is C37H52N6O4. The number of Topliss-reactive ketones (excluding diaryl/α,β-unsaturated/α-hetero) is 1. The lowest BCUT2D eigenvalue weighted by Crippen LogP contribution is -2.71. The van der Waals surface area contributed by atoms with Crippen molar-refractivity contribution in [1.82, 2.24) is 20.2 Å². The molecule has 4 fully saturated rings. The average molecular weight is 645 g/mol. The Morgan fingerprint density at radius 1 is 1.11 bits per heavy atom. The van der Waals surface area contributed by atoms with E-state index in [0.717, 1.165) is 64.8 Å². The van der Waals surface area contributed by atoms with Gasteiger partial charge >= 0.3 is 0 Å². The number of aromatic nitrogens is 2. The predicted molar refractivity (Wildman–Crippen MR) is 184 cm³/mol. The van der Waals surface area contributed by atoms with E-state index in [1.54, 1.807) is 0 Å². The van der Waals surface area contributed by atoms with Gasteiger partial charge in [0.2, 0.25) is 5.88 Å². The Hall–Kier alpha value is -3.34. The van der Waals surface area contributed by atoms with Crippen molar-refractivity contribution in [2.24, 2.45) is 11.3 Å². The molecule has 2 spiro atoms. The number of aliphatic hydroxyl groups excluding tert-OH is 1. The van der Waals surface area contributed by atoms with Crippen molar-refractivity contribution in [3.63, 3.8) is 0 Å². The number of allylic oxidation sites excluding steroid dienone is 1. The third kappa shape index (κ3) is 6.96. The fourth-order valence-corrected chi connectivity index (χ4v) is 7.85. The molecular weight excluding hydrogens is 592 g/mol. The quantitative estimate of drug-likeness (QED) is 0.213. The largest absolute Gasteiger partial charge is 0.504 e. The number of hydrogen-bond acceptors (Lipinski definition) is 10. The fourth-order valence-electron chi connectivity index (χ4n) is 7.85. The molecule has 2 aliphatic carbocycles. The van der Waals surface area contributed by atoms with Gasteiger partial charge in [-0.15, -0.1) is 0 Å². The number of aliphatic hydroxyl groups is 1. The van der Waals surface area contributed by atoms with E-state index in [1.807, 2.05) is 19.2 Å². The van der Waals surface area contributed by atoms with Crippen LogP contribution in [0.25, 0.3) is 5.76 Å². The minimum Gasteiger partial charge on any atom is -0.504 e. The Bertz CT molecular complexity index is 1460. The Kier molecular flexibility index (Phi) is 10.3. The van der Waals surface area contributed by atoms with Crippen molar-refractivity contribution >= 4 is 23.1 Å². The number of carbonyl (C=O) groups excluding carboxylic acids is 1. The summed E-state index contributed by atoms with van der Waals surface area (Å²) in [6.45, 7) is 9.72. The van der Waals surface area contributed by atoms with Crippen LogP contribution in [0.3, 0.4) is 0 Å². The van der Waals surface area contributed by atoms with Crippen LogP contribution in [0.5, 0.6) is 5.88 Å². The third-order valence-corrected chi connectivity index (χ3v) is 11.1. The molecule has 2 saturated carbocycles.